The Morgan fingerprint density at radius 3 is 2.87 bits per heavy atom. The quantitative estimate of drug-likeness (QED) is 0.590. The Morgan fingerprint density at radius 1 is 1.67 bits per heavy atom. The van der Waals surface area contributed by atoms with Gasteiger partial charge in [0, 0.05) is 11.1 Å². The first-order valence-electron chi connectivity index (χ1n) is 4.92. The molecular formula is C10H15NO2S2. The summed E-state index contributed by atoms with van der Waals surface area (Å²) in [4.78, 5) is 15.8. The van der Waals surface area contributed by atoms with Gasteiger partial charge >= 0.3 is 5.97 Å². The van der Waals surface area contributed by atoms with Crippen LogP contribution in [0.2, 0.25) is 0 Å². The molecule has 1 aromatic rings. The highest BCUT2D eigenvalue weighted by Crippen LogP contribution is 2.28. The highest BCUT2D eigenvalue weighted by molar-refractivity contribution is 8.02. The zero-order chi connectivity index (χ0) is 11.3. The van der Waals surface area contributed by atoms with Crippen LogP contribution in [-0.2, 0) is 9.53 Å². The Bertz CT molecular complexity index is 325. The number of esters is 1. The minimum atomic E-state index is -0.141. The maximum absolute atomic E-state index is 11.5. The Morgan fingerprint density at radius 2 is 2.40 bits per heavy atom. The zero-order valence-electron chi connectivity index (χ0n) is 9.15. The molecule has 1 heterocycles. The fraction of sp³-hybridized carbons (Fsp3) is 0.600. The standard InChI is InChI=1S/C10H15NO2S2/c1-4-8(9(12)13-5-2)15-10-11-7(3)6-14-10/h6,8H,4-5H2,1-3H3. The van der Waals surface area contributed by atoms with Gasteiger partial charge < -0.3 is 4.74 Å². The summed E-state index contributed by atoms with van der Waals surface area (Å²) in [5, 5.41) is 1.86. The zero-order valence-corrected chi connectivity index (χ0v) is 10.8. The summed E-state index contributed by atoms with van der Waals surface area (Å²) in [6.45, 7) is 6.19. The first-order valence-corrected chi connectivity index (χ1v) is 6.68. The third kappa shape index (κ3) is 3.83. The number of hydrogen-bond acceptors (Lipinski definition) is 5. The predicted molar refractivity (Wildman–Crippen MR) is 63.4 cm³/mol. The minimum Gasteiger partial charge on any atom is -0.465 e. The Hall–Kier alpha value is -0.550. The summed E-state index contributed by atoms with van der Waals surface area (Å²) in [5.41, 5.74) is 1.00. The summed E-state index contributed by atoms with van der Waals surface area (Å²) in [6, 6.07) is 0. The van der Waals surface area contributed by atoms with E-state index in [-0.39, 0.29) is 11.2 Å². The minimum absolute atomic E-state index is 0.129. The Kier molecular flexibility index (Phi) is 5.11. The van der Waals surface area contributed by atoms with Crippen LogP contribution in [-0.4, -0.2) is 22.8 Å². The number of thioether (sulfide) groups is 1. The topological polar surface area (TPSA) is 39.2 Å². The Labute approximate surface area is 98.2 Å². The summed E-state index contributed by atoms with van der Waals surface area (Å²) < 4.78 is 5.93. The number of aromatic nitrogens is 1. The first kappa shape index (κ1) is 12.5. The molecule has 1 rings (SSSR count). The fourth-order valence-electron chi connectivity index (χ4n) is 1.04. The van der Waals surface area contributed by atoms with E-state index in [9.17, 15) is 4.79 Å². The van der Waals surface area contributed by atoms with Crippen LogP contribution in [0, 0.1) is 6.92 Å². The van der Waals surface area contributed by atoms with E-state index in [0.717, 1.165) is 16.5 Å². The van der Waals surface area contributed by atoms with Gasteiger partial charge in [-0.05, 0) is 20.3 Å². The summed E-state index contributed by atoms with van der Waals surface area (Å²) in [7, 11) is 0. The maximum Gasteiger partial charge on any atom is 0.319 e. The largest absolute Gasteiger partial charge is 0.465 e. The molecule has 0 spiro atoms. The number of carbonyl (C=O) groups is 1. The van der Waals surface area contributed by atoms with Crippen molar-refractivity contribution < 1.29 is 9.53 Å². The summed E-state index contributed by atoms with van der Waals surface area (Å²) >= 11 is 3.06. The van der Waals surface area contributed by atoms with Crippen molar-refractivity contribution in [2.75, 3.05) is 6.61 Å². The van der Waals surface area contributed by atoms with E-state index in [1.165, 1.54) is 11.8 Å². The summed E-state index contributed by atoms with van der Waals surface area (Å²) in [6.07, 6.45) is 0.766. The number of rotatable bonds is 5. The van der Waals surface area contributed by atoms with Crippen LogP contribution in [0.1, 0.15) is 26.0 Å². The van der Waals surface area contributed by atoms with Crippen LogP contribution in [0.5, 0.6) is 0 Å². The average molecular weight is 245 g/mol. The second-order valence-corrected chi connectivity index (χ2v) is 5.33. The second-order valence-electron chi connectivity index (χ2n) is 3.02. The molecule has 0 bridgehead atoms. The van der Waals surface area contributed by atoms with E-state index in [1.807, 2.05) is 26.2 Å². The second kappa shape index (κ2) is 6.12. The van der Waals surface area contributed by atoms with Crippen molar-refractivity contribution in [1.82, 2.24) is 4.98 Å². The van der Waals surface area contributed by atoms with Gasteiger partial charge in [-0.25, -0.2) is 4.98 Å². The lowest BCUT2D eigenvalue weighted by Gasteiger charge is -2.10. The molecule has 0 aliphatic heterocycles. The van der Waals surface area contributed by atoms with Gasteiger partial charge in [0.2, 0.25) is 0 Å². The van der Waals surface area contributed by atoms with Gasteiger partial charge in [0.1, 0.15) is 5.25 Å². The molecule has 0 saturated carbocycles. The SMILES string of the molecule is CCOC(=O)C(CC)Sc1nc(C)cs1. The monoisotopic (exact) mass is 245 g/mol. The van der Waals surface area contributed by atoms with Crippen molar-refractivity contribution in [1.29, 1.82) is 0 Å². The molecule has 0 aromatic carbocycles. The highest BCUT2D eigenvalue weighted by atomic mass is 32.2. The molecule has 84 valence electrons. The van der Waals surface area contributed by atoms with E-state index < -0.39 is 0 Å². The molecule has 0 aliphatic carbocycles. The van der Waals surface area contributed by atoms with Gasteiger partial charge in [0.15, 0.2) is 4.34 Å². The smallest absolute Gasteiger partial charge is 0.319 e. The van der Waals surface area contributed by atoms with Gasteiger partial charge in [0.25, 0.3) is 0 Å². The van der Waals surface area contributed by atoms with Crippen LogP contribution >= 0.6 is 23.1 Å². The van der Waals surface area contributed by atoms with E-state index in [4.69, 9.17) is 4.74 Å². The van der Waals surface area contributed by atoms with Gasteiger partial charge in [-0.15, -0.1) is 11.3 Å². The maximum atomic E-state index is 11.5. The van der Waals surface area contributed by atoms with Crippen LogP contribution < -0.4 is 0 Å². The molecule has 1 atom stereocenters. The highest BCUT2D eigenvalue weighted by Gasteiger charge is 2.20. The predicted octanol–water partition coefficient (Wildman–Crippen LogP) is 2.89. The molecule has 0 fully saturated rings. The lowest BCUT2D eigenvalue weighted by Crippen LogP contribution is -2.19. The first-order chi connectivity index (χ1) is 7.17. The third-order valence-electron chi connectivity index (χ3n) is 1.76. The van der Waals surface area contributed by atoms with Crippen LogP contribution in [0.15, 0.2) is 9.72 Å². The van der Waals surface area contributed by atoms with Crippen molar-refractivity contribution >= 4 is 29.1 Å². The fourth-order valence-corrected chi connectivity index (χ4v) is 3.05. The van der Waals surface area contributed by atoms with Crippen molar-refractivity contribution in [2.24, 2.45) is 0 Å². The van der Waals surface area contributed by atoms with Crippen molar-refractivity contribution in [2.45, 2.75) is 36.8 Å². The number of nitrogens with zero attached hydrogens (tertiary/aromatic N) is 1. The molecule has 15 heavy (non-hydrogen) atoms. The molecule has 5 heteroatoms. The molecule has 0 radical (unpaired) electrons. The van der Waals surface area contributed by atoms with Gasteiger partial charge in [0.05, 0.1) is 6.61 Å². The van der Waals surface area contributed by atoms with E-state index in [2.05, 4.69) is 4.98 Å². The molecule has 0 aliphatic rings. The third-order valence-corrected chi connectivity index (χ3v) is 4.19. The molecule has 0 N–H and O–H groups in total. The van der Waals surface area contributed by atoms with E-state index in [0.29, 0.717) is 6.61 Å². The summed E-state index contributed by atoms with van der Waals surface area (Å²) in [5.74, 6) is -0.141. The number of carbonyl (C=O) groups excluding carboxylic acids is 1. The van der Waals surface area contributed by atoms with Crippen molar-refractivity contribution in [3.63, 3.8) is 0 Å². The number of thiazole rings is 1. The van der Waals surface area contributed by atoms with Gasteiger partial charge in [-0.3, -0.25) is 4.79 Å². The van der Waals surface area contributed by atoms with Crippen LogP contribution in [0.3, 0.4) is 0 Å². The van der Waals surface area contributed by atoms with Crippen molar-refractivity contribution in [3.8, 4) is 0 Å². The number of ether oxygens (including phenoxy) is 1. The van der Waals surface area contributed by atoms with E-state index in [1.54, 1.807) is 11.3 Å². The lowest BCUT2D eigenvalue weighted by molar-refractivity contribution is -0.142. The molecule has 0 saturated heterocycles. The Balaban J connectivity index is 2.57. The van der Waals surface area contributed by atoms with Crippen LogP contribution in [0.25, 0.3) is 0 Å². The normalized spacial score (nSPS) is 12.5. The van der Waals surface area contributed by atoms with Crippen LogP contribution in [0.4, 0.5) is 0 Å². The molecule has 0 amide bonds. The van der Waals surface area contributed by atoms with Gasteiger partial charge in [-0.1, -0.05) is 18.7 Å². The molecule has 1 unspecified atom stereocenters. The van der Waals surface area contributed by atoms with Gasteiger partial charge in [-0.2, -0.15) is 0 Å². The lowest BCUT2D eigenvalue weighted by atomic mass is 10.3. The van der Waals surface area contributed by atoms with Crippen molar-refractivity contribution in [3.05, 3.63) is 11.1 Å². The number of aryl methyl sites for hydroxylation is 1. The number of hydrogen-bond donors (Lipinski definition) is 0. The molecular weight excluding hydrogens is 230 g/mol. The molecule has 1 aromatic heterocycles. The average Bonchev–Trinajstić information content (AvgIpc) is 2.61. The van der Waals surface area contributed by atoms with E-state index >= 15 is 0 Å². The molecule has 3 nitrogen and oxygen atoms in total.